The summed E-state index contributed by atoms with van der Waals surface area (Å²) in [7, 11) is -3.47. The number of para-hydroxylation sites is 1. The first kappa shape index (κ1) is 20.9. The first-order valence-electron chi connectivity index (χ1n) is 9.01. The largest absolute Gasteiger partial charge is 0.508 e. The van der Waals surface area contributed by atoms with Crippen LogP contribution in [0.2, 0.25) is 0 Å². The number of nitrogens with one attached hydrogen (secondary N) is 1. The number of aromatic hydroxyl groups is 1. The maximum atomic E-state index is 12.5. The van der Waals surface area contributed by atoms with Crippen LogP contribution < -0.4 is 5.32 Å². The van der Waals surface area contributed by atoms with Gasteiger partial charge in [0.25, 0.3) is 0 Å². The molecule has 6 nitrogen and oxygen atoms in total. The summed E-state index contributed by atoms with van der Waals surface area (Å²) in [6.45, 7) is 4.78. The Hall–Kier alpha value is -2.38. The Morgan fingerprint density at radius 2 is 1.67 bits per heavy atom. The zero-order valence-electron chi connectivity index (χ0n) is 15.7. The number of phenolic OH excluding ortho intramolecular Hbond substituents is 1. The van der Waals surface area contributed by atoms with Crippen LogP contribution in [0.25, 0.3) is 0 Å². The molecule has 27 heavy (non-hydrogen) atoms. The summed E-state index contributed by atoms with van der Waals surface area (Å²) >= 11 is 0. The minimum atomic E-state index is -3.47. The summed E-state index contributed by atoms with van der Waals surface area (Å²) < 4.78 is 26.3. The van der Waals surface area contributed by atoms with Crippen molar-refractivity contribution in [3.63, 3.8) is 0 Å². The van der Waals surface area contributed by atoms with Gasteiger partial charge in [-0.2, -0.15) is 4.31 Å². The van der Waals surface area contributed by atoms with Gasteiger partial charge in [0.15, 0.2) is 0 Å². The second kappa shape index (κ2) is 9.53. The molecule has 7 heteroatoms. The van der Waals surface area contributed by atoms with Crippen LogP contribution in [0.5, 0.6) is 5.75 Å². The molecule has 0 bridgehead atoms. The average molecular weight is 391 g/mol. The third-order valence-corrected chi connectivity index (χ3v) is 6.43. The Morgan fingerprint density at radius 1 is 1.04 bits per heavy atom. The number of rotatable bonds is 9. The van der Waals surface area contributed by atoms with Gasteiger partial charge in [0.2, 0.25) is 15.9 Å². The minimum absolute atomic E-state index is 0.127. The summed E-state index contributed by atoms with van der Waals surface area (Å²) in [6.07, 6.45) is 0.728. The molecule has 0 saturated heterocycles. The summed E-state index contributed by atoms with van der Waals surface area (Å²) in [4.78, 5) is 12.2. The molecule has 2 N–H and O–H groups in total. The monoisotopic (exact) mass is 390 g/mol. The molecule has 0 saturated carbocycles. The fourth-order valence-electron chi connectivity index (χ4n) is 2.75. The third-order valence-electron chi connectivity index (χ3n) is 4.37. The Morgan fingerprint density at radius 3 is 2.26 bits per heavy atom. The summed E-state index contributed by atoms with van der Waals surface area (Å²) in [5.41, 5.74) is 1.56. The van der Waals surface area contributed by atoms with Crippen molar-refractivity contribution < 1.29 is 18.3 Å². The Balaban J connectivity index is 1.89. The standard InChI is InChI=1S/C20H26N2O4S/c1-3-22(4-2)27(25,26)18-12-9-16(10-13-18)15-21-20(24)14-11-17-7-5-6-8-19(17)23/h5-10,12-13,23H,3-4,11,14-15H2,1-2H3,(H,21,24). The molecular weight excluding hydrogens is 364 g/mol. The molecule has 0 radical (unpaired) electrons. The number of amides is 1. The molecule has 0 aliphatic carbocycles. The number of carbonyl (C=O) groups excluding carboxylic acids is 1. The van der Waals surface area contributed by atoms with E-state index in [2.05, 4.69) is 5.32 Å². The second-order valence-corrected chi connectivity index (χ2v) is 8.08. The van der Waals surface area contributed by atoms with Crippen molar-refractivity contribution in [1.82, 2.24) is 9.62 Å². The van der Waals surface area contributed by atoms with E-state index >= 15 is 0 Å². The van der Waals surface area contributed by atoms with Gasteiger partial charge in [-0.3, -0.25) is 4.79 Å². The van der Waals surface area contributed by atoms with E-state index in [-0.39, 0.29) is 23.0 Å². The highest BCUT2D eigenvalue weighted by Crippen LogP contribution is 2.18. The molecule has 2 aromatic rings. The molecule has 146 valence electrons. The number of hydrogen-bond acceptors (Lipinski definition) is 4. The van der Waals surface area contributed by atoms with Gasteiger partial charge in [-0.1, -0.05) is 44.2 Å². The lowest BCUT2D eigenvalue weighted by Gasteiger charge is -2.18. The highest BCUT2D eigenvalue weighted by atomic mass is 32.2. The lowest BCUT2D eigenvalue weighted by molar-refractivity contribution is -0.121. The number of sulfonamides is 1. The predicted octanol–water partition coefficient (Wildman–Crippen LogP) is 2.67. The van der Waals surface area contributed by atoms with Gasteiger partial charge in [-0.15, -0.1) is 0 Å². The normalized spacial score (nSPS) is 11.5. The quantitative estimate of drug-likeness (QED) is 0.689. The number of phenols is 1. The fraction of sp³-hybridized carbons (Fsp3) is 0.350. The first-order chi connectivity index (χ1) is 12.9. The SMILES string of the molecule is CCN(CC)S(=O)(=O)c1ccc(CNC(=O)CCc2ccccc2O)cc1. The van der Waals surface area contributed by atoms with Crippen LogP contribution in [0, 0.1) is 0 Å². The van der Waals surface area contributed by atoms with Crippen LogP contribution in [0.1, 0.15) is 31.4 Å². The van der Waals surface area contributed by atoms with Gasteiger partial charge in [0.1, 0.15) is 5.75 Å². The molecule has 0 unspecified atom stereocenters. The number of nitrogens with zero attached hydrogens (tertiary/aromatic N) is 1. The molecule has 0 heterocycles. The van der Waals surface area contributed by atoms with Crippen LogP contribution in [0.4, 0.5) is 0 Å². The van der Waals surface area contributed by atoms with Crippen LogP contribution >= 0.6 is 0 Å². The van der Waals surface area contributed by atoms with E-state index in [1.165, 1.54) is 4.31 Å². The van der Waals surface area contributed by atoms with Crippen LogP contribution in [-0.2, 0) is 27.8 Å². The summed E-state index contributed by atoms with van der Waals surface area (Å²) in [6, 6.07) is 13.5. The topological polar surface area (TPSA) is 86.7 Å². The van der Waals surface area contributed by atoms with E-state index in [1.807, 2.05) is 6.07 Å². The molecule has 0 aromatic heterocycles. The molecule has 2 rings (SSSR count). The molecule has 0 aliphatic heterocycles. The lowest BCUT2D eigenvalue weighted by atomic mass is 10.1. The molecule has 0 aliphatic rings. The lowest BCUT2D eigenvalue weighted by Crippen LogP contribution is -2.30. The van der Waals surface area contributed by atoms with E-state index in [9.17, 15) is 18.3 Å². The highest BCUT2D eigenvalue weighted by Gasteiger charge is 2.21. The molecule has 0 spiro atoms. The molecule has 2 aromatic carbocycles. The van der Waals surface area contributed by atoms with Crippen LogP contribution in [0.15, 0.2) is 53.4 Å². The zero-order chi connectivity index (χ0) is 19.9. The van der Waals surface area contributed by atoms with E-state index in [1.54, 1.807) is 56.3 Å². The van der Waals surface area contributed by atoms with Crippen LogP contribution in [-0.4, -0.2) is 36.8 Å². The summed E-state index contributed by atoms with van der Waals surface area (Å²) in [5.74, 6) is 0.0633. The molecule has 0 atom stereocenters. The fourth-order valence-corrected chi connectivity index (χ4v) is 4.21. The summed E-state index contributed by atoms with van der Waals surface area (Å²) in [5, 5.41) is 12.5. The Labute approximate surface area is 160 Å². The minimum Gasteiger partial charge on any atom is -0.508 e. The van der Waals surface area contributed by atoms with Crippen molar-refractivity contribution in [3.8, 4) is 5.75 Å². The number of benzene rings is 2. The zero-order valence-corrected chi connectivity index (χ0v) is 16.5. The van der Waals surface area contributed by atoms with E-state index in [4.69, 9.17) is 0 Å². The number of hydrogen-bond donors (Lipinski definition) is 2. The van der Waals surface area contributed by atoms with E-state index < -0.39 is 10.0 Å². The van der Waals surface area contributed by atoms with Crippen molar-refractivity contribution in [1.29, 1.82) is 0 Å². The van der Waals surface area contributed by atoms with E-state index in [0.717, 1.165) is 11.1 Å². The maximum absolute atomic E-state index is 12.5. The molecule has 0 fully saturated rings. The van der Waals surface area contributed by atoms with Gasteiger partial charge in [-0.25, -0.2) is 8.42 Å². The second-order valence-electron chi connectivity index (χ2n) is 6.14. The van der Waals surface area contributed by atoms with E-state index in [0.29, 0.717) is 26.1 Å². The van der Waals surface area contributed by atoms with Crippen molar-refractivity contribution >= 4 is 15.9 Å². The van der Waals surface area contributed by atoms with Gasteiger partial charge < -0.3 is 10.4 Å². The Bertz CT molecular complexity index is 860. The smallest absolute Gasteiger partial charge is 0.243 e. The van der Waals surface area contributed by atoms with Crippen LogP contribution in [0.3, 0.4) is 0 Å². The van der Waals surface area contributed by atoms with Gasteiger partial charge in [0, 0.05) is 26.1 Å². The Kier molecular flexibility index (Phi) is 7.38. The maximum Gasteiger partial charge on any atom is 0.243 e. The van der Waals surface area contributed by atoms with Crippen molar-refractivity contribution in [2.24, 2.45) is 0 Å². The number of carbonyl (C=O) groups is 1. The predicted molar refractivity (Wildman–Crippen MR) is 105 cm³/mol. The highest BCUT2D eigenvalue weighted by molar-refractivity contribution is 7.89. The molecular formula is C20H26N2O4S. The van der Waals surface area contributed by atoms with Crippen molar-refractivity contribution in [3.05, 3.63) is 59.7 Å². The van der Waals surface area contributed by atoms with Gasteiger partial charge in [-0.05, 0) is 35.7 Å². The van der Waals surface area contributed by atoms with Crippen molar-refractivity contribution in [2.75, 3.05) is 13.1 Å². The van der Waals surface area contributed by atoms with Gasteiger partial charge in [0.05, 0.1) is 4.90 Å². The first-order valence-corrected chi connectivity index (χ1v) is 10.4. The van der Waals surface area contributed by atoms with Gasteiger partial charge >= 0.3 is 0 Å². The van der Waals surface area contributed by atoms with Crippen molar-refractivity contribution in [2.45, 2.75) is 38.1 Å². The third kappa shape index (κ3) is 5.55. The number of aryl methyl sites for hydroxylation is 1. The average Bonchev–Trinajstić information content (AvgIpc) is 2.67. The molecule has 1 amide bonds.